The second-order valence-electron chi connectivity index (χ2n) is 5.56. The van der Waals surface area contributed by atoms with Gasteiger partial charge in [0.2, 0.25) is 0 Å². The molecule has 0 aliphatic rings. The molecule has 0 fully saturated rings. The molecule has 1 amide bonds. The molecule has 5 heteroatoms. The fraction of sp³-hybridized carbons (Fsp3) is 0.158. The van der Waals surface area contributed by atoms with Crippen LogP contribution in [0.4, 0.5) is 0 Å². The molecule has 2 N–H and O–H groups in total. The number of rotatable bonds is 5. The maximum absolute atomic E-state index is 12.4. The summed E-state index contributed by atoms with van der Waals surface area (Å²) >= 11 is 0. The summed E-state index contributed by atoms with van der Waals surface area (Å²) in [6.45, 7) is 2.41. The van der Waals surface area contributed by atoms with Crippen LogP contribution in [0.15, 0.2) is 60.8 Å². The van der Waals surface area contributed by atoms with E-state index in [1.165, 1.54) is 0 Å². The normalized spacial score (nSPS) is 10.5. The molecule has 0 saturated heterocycles. The lowest BCUT2D eigenvalue weighted by Crippen LogP contribution is -2.26. The monoisotopic (exact) mass is 321 g/mol. The molecule has 0 spiro atoms. The number of carbonyl (C=O) groups is 1. The largest absolute Gasteiger partial charge is 0.508 e. The van der Waals surface area contributed by atoms with Crippen LogP contribution in [0.25, 0.3) is 5.69 Å². The number of nitrogens with one attached hydrogen (secondary N) is 1. The second kappa shape index (κ2) is 7.00. The molecule has 2 aromatic carbocycles. The van der Waals surface area contributed by atoms with E-state index < -0.39 is 0 Å². The van der Waals surface area contributed by atoms with Crippen LogP contribution in [-0.4, -0.2) is 27.3 Å². The number of aromatic hydroxyl groups is 1. The van der Waals surface area contributed by atoms with Crippen molar-refractivity contribution >= 4 is 5.91 Å². The number of benzene rings is 2. The first-order valence-corrected chi connectivity index (χ1v) is 7.81. The Hall–Kier alpha value is -3.08. The van der Waals surface area contributed by atoms with Crippen LogP contribution in [-0.2, 0) is 6.42 Å². The Morgan fingerprint density at radius 1 is 1.12 bits per heavy atom. The van der Waals surface area contributed by atoms with E-state index in [0.717, 1.165) is 16.9 Å². The van der Waals surface area contributed by atoms with Gasteiger partial charge in [0.1, 0.15) is 5.75 Å². The fourth-order valence-electron chi connectivity index (χ4n) is 2.54. The summed E-state index contributed by atoms with van der Waals surface area (Å²) in [4.78, 5) is 12.4. The standard InChI is InChI=1S/C19H19N3O2/c1-14-18(13-21-22(14)16-5-3-2-4-6-16)19(24)20-12-11-15-7-9-17(23)10-8-15/h2-10,13,23H,11-12H2,1H3,(H,20,24). The second-order valence-corrected chi connectivity index (χ2v) is 5.56. The van der Waals surface area contributed by atoms with Crippen LogP contribution < -0.4 is 5.32 Å². The number of hydrogen-bond donors (Lipinski definition) is 2. The lowest BCUT2D eigenvalue weighted by Gasteiger charge is -2.07. The van der Waals surface area contributed by atoms with Gasteiger partial charge in [-0.15, -0.1) is 0 Å². The first-order valence-electron chi connectivity index (χ1n) is 7.81. The molecule has 3 aromatic rings. The Morgan fingerprint density at radius 2 is 1.83 bits per heavy atom. The first kappa shape index (κ1) is 15.8. The number of carbonyl (C=O) groups excluding carboxylic acids is 1. The predicted octanol–water partition coefficient (Wildman–Crippen LogP) is 2.86. The van der Waals surface area contributed by atoms with Crippen molar-refractivity contribution in [2.45, 2.75) is 13.3 Å². The summed E-state index contributed by atoms with van der Waals surface area (Å²) in [5, 5.41) is 16.5. The highest BCUT2D eigenvalue weighted by molar-refractivity contribution is 5.95. The molecule has 3 rings (SSSR count). The summed E-state index contributed by atoms with van der Waals surface area (Å²) < 4.78 is 1.76. The minimum atomic E-state index is -0.131. The molecule has 0 bridgehead atoms. The Bertz CT molecular complexity index is 824. The van der Waals surface area contributed by atoms with E-state index in [-0.39, 0.29) is 11.7 Å². The summed E-state index contributed by atoms with van der Waals surface area (Å²) in [6.07, 6.45) is 2.30. The maximum Gasteiger partial charge on any atom is 0.254 e. The quantitative estimate of drug-likeness (QED) is 0.759. The van der Waals surface area contributed by atoms with Crippen molar-refractivity contribution in [3.63, 3.8) is 0 Å². The molecular formula is C19H19N3O2. The zero-order valence-electron chi connectivity index (χ0n) is 13.4. The third-order valence-corrected chi connectivity index (χ3v) is 3.89. The number of nitrogens with zero attached hydrogens (tertiary/aromatic N) is 2. The fourth-order valence-corrected chi connectivity index (χ4v) is 2.54. The van der Waals surface area contributed by atoms with Crippen LogP contribution in [0.1, 0.15) is 21.6 Å². The lowest BCUT2D eigenvalue weighted by atomic mass is 10.1. The van der Waals surface area contributed by atoms with Crippen LogP contribution in [0.3, 0.4) is 0 Å². The van der Waals surface area contributed by atoms with Gasteiger partial charge in [0.05, 0.1) is 23.1 Å². The molecule has 1 aromatic heterocycles. The summed E-state index contributed by atoms with van der Waals surface area (Å²) in [7, 11) is 0. The molecule has 122 valence electrons. The average Bonchev–Trinajstić information content (AvgIpc) is 2.99. The Balaban J connectivity index is 1.63. The van der Waals surface area contributed by atoms with Crippen LogP contribution in [0.2, 0.25) is 0 Å². The van der Waals surface area contributed by atoms with Crippen molar-refractivity contribution in [3.05, 3.63) is 77.6 Å². The van der Waals surface area contributed by atoms with Crippen LogP contribution >= 0.6 is 0 Å². The van der Waals surface area contributed by atoms with Gasteiger partial charge in [0.15, 0.2) is 0 Å². The number of hydrogen-bond acceptors (Lipinski definition) is 3. The third-order valence-electron chi connectivity index (χ3n) is 3.89. The van der Waals surface area contributed by atoms with Gasteiger partial charge in [-0.1, -0.05) is 30.3 Å². The van der Waals surface area contributed by atoms with Crippen molar-refractivity contribution in [2.24, 2.45) is 0 Å². The van der Waals surface area contributed by atoms with E-state index in [1.807, 2.05) is 49.4 Å². The average molecular weight is 321 g/mol. The molecule has 0 aliphatic heterocycles. The van der Waals surface area contributed by atoms with Crippen LogP contribution in [0.5, 0.6) is 5.75 Å². The van der Waals surface area contributed by atoms with E-state index in [2.05, 4.69) is 10.4 Å². The van der Waals surface area contributed by atoms with E-state index >= 15 is 0 Å². The van der Waals surface area contributed by atoms with Crippen LogP contribution in [0, 0.1) is 6.92 Å². The van der Waals surface area contributed by atoms with E-state index in [4.69, 9.17) is 0 Å². The van der Waals surface area contributed by atoms with Gasteiger partial charge in [-0.3, -0.25) is 4.79 Å². The highest BCUT2D eigenvalue weighted by atomic mass is 16.3. The van der Waals surface area contributed by atoms with E-state index in [9.17, 15) is 9.90 Å². The number of para-hydroxylation sites is 1. The van der Waals surface area contributed by atoms with Crippen molar-refractivity contribution in [2.75, 3.05) is 6.54 Å². The zero-order chi connectivity index (χ0) is 16.9. The number of phenols is 1. The summed E-state index contributed by atoms with van der Waals surface area (Å²) in [5.41, 5.74) is 3.37. The molecule has 0 unspecified atom stereocenters. The third kappa shape index (κ3) is 3.46. The van der Waals surface area contributed by atoms with Crippen molar-refractivity contribution in [1.29, 1.82) is 0 Å². The van der Waals surface area contributed by atoms with Crippen molar-refractivity contribution in [3.8, 4) is 11.4 Å². The topological polar surface area (TPSA) is 67.2 Å². The van der Waals surface area contributed by atoms with Crippen molar-refractivity contribution < 1.29 is 9.90 Å². The van der Waals surface area contributed by atoms with E-state index in [1.54, 1.807) is 23.0 Å². The highest BCUT2D eigenvalue weighted by Crippen LogP contribution is 2.14. The molecule has 0 radical (unpaired) electrons. The van der Waals surface area contributed by atoms with Gasteiger partial charge < -0.3 is 10.4 Å². The minimum absolute atomic E-state index is 0.131. The Labute approximate surface area is 140 Å². The molecule has 5 nitrogen and oxygen atoms in total. The molecule has 0 atom stereocenters. The molecule has 1 heterocycles. The van der Waals surface area contributed by atoms with Gasteiger partial charge in [0, 0.05) is 6.54 Å². The van der Waals surface area contributed by atoms with Gasteiger partial charge in [-0.05, 0) is 43.2 Å². The summed E-state index contributed by atoms with van der Waals surface area (Å²) in [5.74, 6) is 0.111. The van der Waals surface area contributed by atoms with Gasteiger partial charge >= 0.3 is 0 Å². The Kier molecular flexibility index (Phi) is 4.61. The lowest BCUT2D eigenvalue weighted by molar-refractivity contribution is 0.0953. The van der Waals surface area contributed by atoms with Gasteiger partial charge in [-0.25, -0.2) is 4.68 Å². The van der Waals surface area contributed by atoms with Gasteiger partial charge in [0.25, 0.3) is 5.91 Å². The maximum atomic E-state index is 12.4. The molecular weight excluding hydrogens is 302 g/mol. The highest BCUT2D eigenvalue weighted by Gasteiger charge is 2.14. The number of aromatic nitrogens is 2. The number of amides is 1. The van der Waals surface area contributed by atoms with E-state index in [0.29, 0.717) is 18.5 Å². The molecule has 24 heavy (non-hydrogen) atoms. The molecule has 0 aliphatic carbocycles. The van der Waals surface area contributed by atoms with Crippen molar-refractivity contribution in [1.82, 2.24) is 15.1 Å². The number of phenolic OH excluding ortho intramolecular Hbond substituents is 1. The predicted molar refractivity (Wildman–Crippen MR) is 92.4 cm³/mol. The zero-order valence-corrected chi connectivity index (χ0v) is 13.4. The van der Waals surface area contributed by atoms with Gasteiger partial charge in [-0.2, -0.15) is 5.10 Å². The summed E-state index contributed by atoms with van der Waals surface area (Å²) in [6, 6.07) is 16.7. The SMILES string of the molecule is Cc1c(C(=O)NCCc2ccc(O)cc2)cnn1-c1ccccc1. The smallest absolute Gasteiger partial charge is 0.254 e. The molecule has 0 saturated carbocycles. The minimum Gasteiger partial charge on any atom is -0.508 e. The Morgan fingerprint density at radius 3 is 2.54 bits per heavy atom. The first-order chi connectivity index (χ1) is 11.6.